The lowest BCUT2D eigenvalue weighted by molar-refractivity contribution is 0.246. The third-order valence-electron chi connectivity index (χ3n) is 8.66. The van der Waals surface area contributed by atoms with Gasteiger partial charge in [-0.15, -0.1) is 11.3 Å². The van der Waals surface area contributed by atoms with Crippen molar-refractivity contribution in [3.8, 4) is 0 Å². The number of thiophene rings is 1. The summed E-state index contributed by atoms with van der Waals surface area (Å²) >= 11 is 7.83. The van der Waals surface area contributed by atoms with E-state index in [1.165, 1.54) is 21.3 Å². The Bertz CT molecular complexity index is 1770. The lowest BCUT2D eigenvalue weighted by Gasteiger charge is -2.36. The Kier molecular flexibility index (Phi) is 7.19. The average molecular weight is 584 g/mol. The minimum atomic E-state index is 0.122. The van der Waals surface area contributed by atoms with Crippen LogP contribution in [0.15, 0.2) is 71.5 Å². The number of fused-ring (bicyclic) bond motifs is 4. The number of hydrogen-bond acceptors (Lipinski definition) is 6. The molecule has 2 aliphatic rings. The zero-order valence-corrected chi connectivity index (χ0v) is 24.9. The number of rotatable bonds is 6. The van der Waals surface area contributed by atoms with Crippen LogP contribution >= 0.6 is 22.9 Å². The van der Waals surface area contributed by atoms with Crippen LogP contribution in [0.1, 0.15) is 23.2 Å². The molecule has 0 amide bonds. The predicted octanol–water partition coefficient (Wildman–Crippen LogP) is 6.21. The second-order valence-corrected chi connectivity index (χ2v) is 12.5. The largest absolute Gasteiger partial charge is 0.368 e. The highest BCUT2D eigenvalue weighted by atomic mass is 35.5. The molecule has 5 aromatic rings. The summed E-state index contributed by atoms with van der Waals surface area (Å²) in [5.74, 6) is 0.894. The quantitative estimate of drug-likeness (QED) is 0.238. The van der Waals surface area contributed by atoms with Crippen LogP contribution in [0.5, 0.6) is 0 Å². The molecule has 1 saturated heterocycles. The van der Waals surface area contributed by atoms with Crippen LogP contribution in [0, 0.1) is 0 Å². The monoisotopic (exact) mass is 583 g/mol. The van der Waals surface area contributed by atoms with E-state index < -0.39 is 0 Å². The molecule has 210 valence electrons. The zero-order valence-electron chi connectivity index (χ0n) is 23.4. The number of hydrogen-bond donors (Lipinski definition) is 0. The van der Waals surface area contributed by atoms with E-state index in [0.29, 0.717) is 6.54 Å². The standard InChI is InChI=1S/C33H34ClN5OS/c1-2-30-35-32-31(27-22-38(15-14-29(27)41-32)25-12-10-24(34)11-13-25)33(40)39(30)21-18-36-16-19-37(20-17-36)28-9-5-7-23-6-3-4-8-26(23)28/h3-13H,2,14-22H2,1H3. The number of piperazine rings is 1. The molecule has 7 rings (SSSR count). The minimum absolute atomic E-state index is 0.122. The molecule has 1 fully saturated rings. The van der Waals surface area contributed by atoms with Gasteiger partial charge in [0.15, 0.2) is 0 Å². The van der Waals surface area contributed by atoms with Gasteiger partial charge in [0, 0.05) is 91.0 Å². The van der Waals surface area contributed by atoms with Crippen molar-refractivity contribution in [2.45, 2.75) is 32.9 Å². The fourth-order valence-corrected chi connectivity index (χ4v) is 7.72. The summed E-state index contributed by atoms with van der Waals surface area (Å²) in [6.07, 6.45) is 1.68. The van der Waals surface area contributed by atoms with Crippen LogP contribution in [0.25, 0.3) is 21.0 Å². The van der Waals surface area contributed by atoms with E-state index in [1.54, 1.807) is 11.3 Å². The molecular formula is C33H34ClN5OS. The van der Waals surface area contributed by atoms with Gasteiger partial charge in [-0.05, 0) is 42.1 Å². The van der Waals surface area contributed by atoms with E-state index in [9.17, 15) is 4.79 Å². The maximum Gasteiger partial charge on any atom is 0.262 e. The number of aryl methyl sites for hydroxylation is 1. The van der Waals surface area contributed by atoms with Gasteiger partial charge < -0.3 is 9.80 Å². The first-order valence-corrected chi connectivity index (χ1v) is 15.8. The first-order valence-electron chi connectivity index (χ1n) is 14.6. The van der Waals surface area contributed by atoms with Gasteiger partial charge in [0.2, 0.25) is 0 Å². The molecule has 2 aliphatic heterocycles. The Morgan fingerprint density at radius 2 is 1.66 bits per heavy atom. The Morgan fingerprint density at radius 3 is 2.46 bits per heavy atom. The summed E-state index contributed by atoms with van der Waals surface area (Å²) in [5, 5.41) is 4.16. The van der Waals surface area contributed by atoms with Crippen molar-refractivity contribution in [2.24, 2.45) is 0 Å². The van der Waals surface area contributed by atoms with E-state index in [0.717, 1.165) is 91.0 Å². The summed E-state index contributed by atoms with van der Waals surface area (Å²) in [6.45, 7) is 9.23. The topological polar surface area (TPSA) is 44.6 Å². The van der Waals surface area contributed by atoms with Gasteiger partial charge in [-0.1, -0.05) is 54.9 Å². The number of nitrogens with zero attached hydrogens (tertiary/aromatic N) is 5. The molecule has 4 heterocycles. The highest BCUT2D eigenvalue weighted by molar-refractivity contribution is 7.18. The van der Waals surface area contributed by atoms with Gasteiger partial charge in [0.05, 0.1) is 5.39 Å². The number of benzene rings is 3. The summed E-state index contributed by atoms with van der Waals surface area (Å²) in [6, 6.07) is 23.2. The van der Waals surface area contributed by atoms with Gasteiger partial charge in [-0.2, -0.15) is 0 Å². The van der Waals surface area contributed by atoms with E-state index in [2.05, 4.69) is 76.2 Å². The van der Waals surface area contributed by atoms with E-state index in [4.69, 9.17) is 16.6 Å². The normalized spacial score (nSPS) is 16.0. The fraction of sp³-hybridized carbons (Fsp3) is 0.333. The second-order valence-electron chi connectivity index (χ2n) is 11.0. The molecule has 3 aromatic carbocycles. The zero-order chi connectivity index (χ0) is 27.9. The van der Waals surface area contributed by atoms with Crippen molar-refractivity contribution in [3.63, 3.8) is 0 Å². The van der Waals surface area contributed by atoms with Crippen molar-refractivity contribution < 1.29 is 0 Å². The maximum atomic E-state index is 14.0. The molecule has 0 atom stereocenters. The lowest BCUT2D eigenvalue weighted by Crippen LogP contribution is -2.47. The maximum absolute atomic E-state index is 14.0. The SMILES string of the molecule is CCc1nc2sc3c(c2c(=O)n1CCN1CCN(c2cccc4ccccc24)CC1)CN(c1ccc(Cl)cc1)CC3. The smallest absolute Gasteiger partial charge is 0.262 e. The van der Waals surface area contributed by atoms with Gasteiger partial charge in [-0.25, -0.2) is 4.98 Å². The molecule has 0 unspecified atom stereocenters. The molecular weight excluding hydrogens is 550 g/mol. The third kappa shape index (κ3) is 5.00. The lowest BCUT2D eigenvalue weighted by atomic mass is 10.1. The highest BCUT2D eigenvalue weighted by Gasteiger charge is 2.26. The van der Waals surface area contributed by atoms with Crippen LogP contribution in [0.3, 0.4) is 0 Å². The number of anilines is 2. The van der Waals surface area contributed by atoms with Crippen molar-refractivity contribution >= 4 is 55.3 Å². The van der Waals surface area contributed by atoms with E-state index in [-0.39, 0.29) is 5.56 Å². The number of halogens is 1. The van der Waals surface area contributed by atoms with Gasteiger partial charge >= 0.3 is 0 Å². The fourth-order valence-electron chi connectivity index (χ4n) is 6.41. The van der Waals surface area contributed by atoms with Gasteiger partial charge in [0.25, 0.3) is 5.56 Å². The molecule has 0 bridgehead atoms. The Hall–Kier alpha value is -3.39. The molecule has 2 aromatic heterocycles. The van der Waals surface area contributed by atoms with Crippen molar-refractivity contribution in [1.82, 2.24) is 14.5 Å². The van der Waals surface area contributed by atoms with Crippen molar-refractivity contribution in [3.05, 3.63) is 98.4 Å². The van der Waals surface area contributed by atoms with Crippen molar-refractivity contribution in [1.29, 1.82) is 0 Å². The van der Waals surface area contributed by atoms with E-state index in [1.807, 2.05) is 16.7 Å². The highest BCUT2D eigenvalue weighted by Crippen LogP contribution is 2.35. The first kappa shape index (κ1) is 26.5. The van der Waals surface area contributed by atoms with Crippen LogP contribution in [-0.2, 0) is 25.9 Å². The van der Waals surface area contributed by atoms with E-state index >= 15 is 0 Å². The molecule has 0 saturated carbocycles. The van der Waals surface area contributed by atoms with Gasteiger partial charge in [0.1, 0.15) is 10.7 Å². The summed E-state index contributed by atoms with van der Waals surface area (Å²) in [5.41, 5.74) is 3.73. The van der Waals surface area contributed by atoms with Gasteiger partial charge in [-0.3, -0.25) is 14.3 Å². The Labute approximate surface area is 249 Å². The predicted molar refractivity (Wildman–Crippen MR) is 172 cm³/mol. The third-order valence-corrected chi connectivity index (χ3v) is 10.1. The molecule has 0 spiro atoms. The summed E-state index contributed by atoms with van der Waals surface area (Å²) in [4.78, 5) is 28.6. The number of aromatic nitrogens is 2. The molecule has 8 heteroatoms. The van der Waals surface area contributed by atoms with Crippen LogP contribution in [-0.4, -0.2) is 53.7 Å². The average Bonchev–Trinajstić information content (AvgIpc) is 3.39. The van der Waals surface area contributed by atoms with Crippen LogP contribution in [0.2, 0.25) is 5.02 Å². The van der Waals surface area contributed by atoms with Crippen LogP contribution in [0.4, 0.5) is 11.4 Å². The Morgan fingerprint density at radius 1 is 0.878 bits per heavy atom. The summed E-state index contributed by atoms with van der Waals surface area (Å²) in [7, 11) is 0. The molecule has 41 heavy (non-hydrogen) atoms. The molecule has 0 aliphatic carbocycles. The molecule has 0 radical (unpaired) electrons. The van der Waals surface area contributed by atoms with Crippen LogP contribution < -0.4 is 15.4 Å². The van der Waals surface area contributed by atoms with Crippen molar-refractivity contribution in [2.75, 3.05) is 49.1 Å². The second kappa shape index (κ2) is 11.1. The molecule has 6 nitrogen and oxygen atoms in total. The summed E-state index contributed by atoms with van der Waals surface area (Å²) < 4.78 is 1.95. The molecule has 0 N–H and O–H groups in total. The Balaban J connectivity index is 1.09. The first-order chi connectivity index (χ1) is 20.1. The minimum Gasteiger partial charge on any atom is -0.368 e.